The van der Waals surface area contributed by atoms with Crippen molar-refractivity contribution in [3.05, 3.63) is 54.1 Å². The molecule has 1 aliphatic heterocycles. The second kappa shape index (κ2) is 9.56. The molecule has 2 fully saturated rings. The van der Waals surface area contributed by atoms with Crippen molar-refractivity contribution in [1.82, 2.24) is 0 Å². The minimum Gasteiger partial charge on any atom is -0.497 e. The summed E-state index contributed by atoms with van der Waals surface area (Å²) in [5.74, 6) is 2.00. The highest BCUT2D eigenvalue weighted by Gasteiger charge is 2.34. The summed E-state index contributed by atoms with van der Waals surface area (Å²) in [6.07, 6.45) is 6.67. The molecule has 4 rings (SSSR count). The number of nitrogens with zero attached hydrogens (tertiary/aromatic N) is 1. The van der Waals surface area contributed by atoms with Crippen LogP contribution in [0, 0.1) is 5.92 Å². The lowest BCUT2D eigenvalue weighted by molar-refractivity contribution is -0.117. The molecule has 0 aromatic heterocycles. The van der Waals surface area contributed by atoms with E-state index in [0.29, 0.717) is 18.1 Å². The Kier molecular flexibility index (Phi) is 6.62. The van der Waals surface area contributed by atoms with Gasteiger partial charge in [0.05, 0.1) is 12.9 Å². The third-order valence-corrected chi connectivity index (χ3v) is 7.12. The van der Waals surface area contributed by atoms with Gasteiger partial charge in [0.15, 0.2) is 0 Å². The Balaban J connectivity index is 1.46. The molecular formula is C24H28N2O3S. The Bertz CT molecular complexity index is 911. The molecule has 6 heteroatoms. The SMILES string of the molecule is COc1cccc(N2C(=O)CSC2c2cccc(NC(=O)CCC3CCCC3)c2)c1. The van der Waals surface area contributed by atoms with Gasteiger partial charge in [-0.25, -0.2) is 0 Å². The standard InChI is InChI=1S/C24H28N2O3S/c1-29-21-11-5-10-20(15-21)26-23(28)16-30-24(26)18-8-4-9-19(14-18)25-22(27)13-12-17-6-2-3-7-17/h4-5,8-11,14-15,17,24H,2-3,6-7,12-13,16H2,1H3,(H,25,27). The van der Waals surface area contributed by atoms with Crippen LogP contribution in [0.3, 0.4) is 0 Å². The second-order valence-electron chi connectivity index (χ2n) is 7.99. The van der Waals surface area contributed by atoms with E-state index >= 15 is 0 Å². The predicted molar refractivity (Wildman–Crippen MR) is 122 cm³/mol. The van der Waals surface area contributed by atoms with E-state index < -0.39 is 0 Å². The minimum absolute atomic E-state index is 0.0684. The van der Waals surface area contributed by atoms with Gasteiger partial charge in [0.25, 0.3) is 0 Å². The van der Waals surface area contributed by atoms with E-state index in [1.54, 1.807) is 18.9 Å². The summed E-state index contributed by atoms with van der Waals surface area (Å²) in [5, 5.41) is 2.92. The van der Waals surface area contributed by atoms with Gasteiger partial charge in [0, 0.05) is 23.9 Å². The summed E-state index contributed by atoms with van der Waals surface area (Å²) in [6.45, 7) is 0. The largest absolute Gasteiger partial charge is 0.497 e. The first-order chi connectivity index (χ1) is 14.6. The van der Waals surface area contributed by atoms with Crippen LogP contribution in [0.25, 0.3) is 0 Å². The van der Waals surface area contributed by atoms with E-state index in [0.717, 1.165) is 29.1 Å². The van der Waals surface area contributed by atoms with Crippen LogP contribution in [-0.4, -0.2) is 24.7 Å². The van der Waals surface area contributed by atoms with E-state index in [2.05, 4.69) is 5.32 Å². The van der Waals surface area contributed by atoms with E-state index in [9.17, 15) is 9.59 Å². The monoisotopic (exact) mass is 424 g/mol. The summed E-state index contributed by atoms with van der Waals surface area (Å²) in [6, 6.07) is 15.4. The van der Waals surface area contributed by atoms with Crippen LogP contribution in [-0.2, 0) is 9.59 Å². The van der Waals surface area contributed by atoms with Crippen LogP contribution < -0.4 is 15.0 Å². The molecule has 0 bridgehead atoms. The van der Waals surface area contributed by atoms with Crippen molar-refractivity contribution in [3.8, 4) is 5.75 Å². The van der Waals surface area contributed by atoms with Gasteiger partial charge in [0.2, 0.25) is 11.8 Å². The van der Waals surface area contributed by atoms with Crippen LogP contribution in [0.2, 0.25) is 0 Å². The lowest BCUT2D eigenvalue weighted by atomic mass is 10.0. The van der Waals surface area contributed by atoms with Gasteiger partial charge in [-0.1, -0.05) is 43.9 Å². The number of benzene rings is 2. The molecule has 1 saturated heterocycles. The first kappa shape index (κ1) is 20.8. The highest BCUT2D eigenvalue weighted by atomic mass is 32.2. The fourth-order valence-electron chi connectivity index (χ4n) is 4.34. The third-order valence-electron chi connectivity index (χ3n) is 5.91. The summed E-state index contributed by atoms with van der Waals surface area (Å²) in [7, 11) is 1.62. The van der Waals surface area contributed by atoms with Crippen molar-refractivity contribution < 1.29 is 14.3 Å². The van der Waals surface area contributed by atoms with Crippen molar-refractivity contribution >= 4 is 35.0 Å². The zero-order chi connectivity index (χ0) is 20.9. The van der Waals surface area contributed by atoms with E-state index in [4.69, 9.17) is 4.74 Å². The van der Waals surface area contributed by atoms with Gasteiger partial charge in [-0.15, -0.1) is 11.8 Å². The number of anilines is 2. The number of carbonyl (C=O) groups is 2. The minimum atomic E-state index is -0.125. The van der Waals surface area contributed by atoms with E-state index in [1.807, 2.05) is 53.4 Å². The van der Waals surface area contributed by atoms with Gasteiger partial charge in [-0.05, 0) is 42.2 Å². The van der Waals surface area contributed by atoms with Gasteiger partial charge in [0.1, 0.15) is 11.1 Å². The van der Waals surface area contributed by atoms with Crippen molar-refractivity contribution in [3.63, 3.8) is 0 Å². The van der Waals surface area contributed by atoms with Gasteiger partial charge < -0.3 is 10.1 Å². The Morgan fingerprint density at radius 3 is 2.77 bits per heavy atom. The van der Waals surface area contributed by atoms with Crippen LogP contribution in [0.5, 0.6) is 5.75 Å². The number of rotatable bonds is 7. The predicted octanol–water partition coefficient (Wildman–Crippen LogP) is 5.38. The topological polar surface area (TPSA) is 58.6 Å². The van der Waals surface area contributed by atoms with Crippen LogP contribution in [0.4, 0.5) is 11.4 Å². The Hall–Kier alpha value is -2.47. The summed E-state index contributed by atoms with van der Waals surface area (Å²) >= 11 is 1.60. The summed E-state index contributed by atoms with van der Waals surface area (Å²) in [5.41, 5.74) is 2.61. The zero-order valence-electron chi connectivity index (χ0n) is 17.3. The van der Waals surface area contributed by atoms with Crippen LogP contribution in [0.1, 0.15) is 49.5 Å². The van der Waals surface area contributed by atoms with Crippen LogP contribution in [0.15, 0.2) is 48.5 Å². The summed E-state index contributed by atoms with van der Waals surface area (Å²) in [4.78, 5) is 26.9. The first-order valence-electron chi connectivity index (χ1n) is 10.6. The van der Waals surface area contributed by atoms with Gasteiger partial charge in [-0.3, -0.25) is 14.5 Å². The molecule has 1 N–H and O–H groups in total. The highest BCUT2D eigenvalue weighted by Crippen LogP contribution is 2.43. The molecule has 2 aromatic carbocycles. The highest BCUT2D eigenvalue weighted by molar-refractivity contribution is 8.00. The molecule has 1 aliphatic carbocycles. The van der Waals surface area contributed by atoms with Crippen molar-refractivity contribution in [2.24, 2.45) is 5.92 Å². The Morgan fingerprint density at radius 2 is 1.97 bits per heavy atom. The Labute approximate surface area is 182 Å². The lowest BCUT2D eigenvalue weighted by Gasteiger charge is -2.25. The quantitative estimate of drug-likeness (QED) is 0.648. The maximum Gasteiger partial charge on any atom is 0.238 e. The molecule has 2 amide bonds. The number of hydrogen-bond donors (Lipinski definition) is 1. The van der Waals surface area contributed by atoms with Gasteiger partial charge in [-0.2, -0.15) is 0 Å². The Morgan fingerprint density at radius 1 is 1.17 bits per heavy atom. The third kappa shape index (κ3) is 4.81. The maximum absolute atomic E-state index is 12.6. The van der Waals surface area contributed by atoms with Gasteiger partial charge >= 0.3 is 0 Å². The smallest absolute Gasteiger partial charge is 0.238 e. The number of nitrogens with one attached hydrogen (secondary N) is 1. The number of carbonyl (C=O) groups excluding carboxylic acids is 2. The molecule has 158 valence electrons. The molecular weight excluding hydrogens is 396 g/mol. The van der Waals surface area contributed by atoms with E-state index in [-0.39, 0.29) is 17.2 Å². The molecule has 30 heavy (non-hydrogen) atoms. The fraction of sp³-hybridized carbons (Fsp3) is 0.417. The van der Waals surface area contributed by atoms with Crippen molar-refractivity contribution in [2.45, 2.75) is 43.9 Å². The molecule has 2 aromatic rings. The number of ether oxygens (including phenoxy) is 1. The molecule has 0 radical (unpaired) electrons. The van der Waals surface area contributed by atoms with Crippen LogP contribution >= 0.6 is 11.8 Å². The number of methoxy groups -OCH3 is 1. The van der Waals surface area contributed by atoms with Crippen molar-refractivity contribution in [2.75, 3.05) is 23.1 Å². The van der Waals surface area contributed by atoms with Crippen molar-refractivity contribution in [1.29, 1.82) is 0 Å². The molecule has 1 atom stereocenters. The number of thioether (sulfide) groups is 1. The number of amides is 2. The average Bonchev–Trinajstić information content (AvgIpc) is 3.42. The maximum atomic E-state index is 12.6. The normalized spacial score (nSPS) is 19.3. The lowest BCUT2D eigenvalue weighted by Crippen LogP contribution is -2.27. The molecule has 2 aliphatic rings. The molecule has 1 unspecified atom stereocenters. The average molecular weight is 425 g/mol. The molecule has 1 saturated carbocycles. The van der Waals surface area contributed by atoms with E-state index in [1.165, 1.54) is 25.7 Å². The molecule has 5 nitrogen and oxygen atoms in total. The zero-order valence-corrected chi connectivity index (χ0v) is 18.1. The second-order valence-corrected chi connectivity index (χ2v) is 9.06. The fourth-order valence-corrected chi connectivity index (χ4v) is 5.50. The summed E-state index contributed by atoms with van der Waals surface area (Å²) < 4.78 is 5.32. The number of hydrogen-bond acceptors (Lipinski definition) is 4. The molecule has 1 heterocycles. The molecule has 0 spiro atoms. The first-order valence-corrected chi connectivity index (χ1v) is 11.7.